The molecule has 0 aliphatic rings. The molecule has 0 unspecified atom stereocenters. The Kier molecular flexibility index (Phi) is 6.10. The first-order chi connectivity index (χ1) is 13.1. The van der Waals surface area contributed by atoms with E-state index in [2.05, 4.69) is 5.16 Å². The van der Waals surface area contributed by atoms with E-state index in [0.29, 0.717) is 17.0 Å². The van der Waals surface area contributed by atoms with E-state index in [1.54, 1.807) is 31.4 Å². The highest BCUT2D eigenvalue weighted by atomic mass is 31.2. The van der Waals surface area contributed by atoms with E-state index in [0.717, 1.165) is 17.0 Å². The fourth-order valence-corrected chi connectivity index (χ4v) is 4.60. The minimum atomic E-state index is -3.31. The lowest BCUT2D eigenvalue weighted by molar-refractivity contribution is 0.348. The van der Waals surface area contributed by atoms with Crippen LogP contribution in [0, 0.1) is 0 Å². The van der Waals surface area contributed by atoms with Gasteiger partial charge in [0.1, 0.15) is 5.75 Å². The zero-order valence-electron chi connectivity index (χ0n) is 15.4. The van der Waals surface area contributed by atoms with Crippen molar-refractivity contribution in [2.45, 2.75) is 13.3 Å². The van der Waals surface area contributed by atoms with Crippen molar-refractivity contribution < 1.29 is 13.9 Å². The molecule has 0 aliphatic carbocycles. The van der Waals surface area contributed by atoms with E-state index in [1.165, 1.54) is 0 Å². The molecule has 0 saturated carbocycles. The molecular weight excluding hydrogens is 357 g/mol. The zero-order valence-corrected chi connectivity index (χ0v) is 16.3. The van der Waals surface area contributed by atoms with Crippen molar-refractivity contribution in [1.82, 2.24) is 0 Å². The summed E-state index contributed by atoms with van der Waals surface area (Å²) in [6.45, 7) is 1.86. The van der Waals surface area contributed by atoms with Crippen LogP contribution in [0.15, 0.2) is 90.1 Å². The number of hydrogen-bond acceptors (Lipinski definition) is 4. The van der Waals surface area contributed by atoms with Gasteiger partial charge in [-0.25, -0.2) is 0 Å². The Balaban J connectivity index is 1.86. The fourth-order valence-electron chi connectivity index (χ4n) is 2.73. The molecule has 27 heavy (non-hydrogen) atoms. The van der Waals surface area contributed by atoms with Crippen molar-refractivity contribution in [2.24, 2.45) is 5.16 Å². The fraction of sp³-hybridized carbons (Fsp3) is 0.136. The molecule has 4 nitrogen and oxygen atoms in total. The molecule has 0 aromatic heterocycles. The summed E-state index contributed by atoms with van der Waals surface area (Å²) in [5, 5.41) is 5.45. The molecule has 0 N–H and O–H groups in total. The Hall–Kier alpha value is -2.84. The molecule has 0 saturated heterocycles. The summed E-state index contributed by atoms with van der Waals surface area (Å²) in [6.07, 6.45) is 0.584. The van der Waals surface area contributed by atoms with Gasteiger partial charge in [0.25, 0.3) is 0 Å². The van der Waals surface area contributed by atoms with Crippen LogP contribution in [0.1, 0.15) is 12.5 Å². The Morgan fingerprint density at radius 1 is 0.889 bits per heavy atom. The van der Waals surface area contributed by atoms with Gasteiger partial charge in [-0.1, -0.05) is 53.7 Å². The predicted octanol–water partition coefficient (Wildman–Crippen LogP) is 4.56. The van der Waals surface area contributed by atoms with Gasteiger partial charge in [0, 0.05) is 6.42 Å². The van der Waals surface area contributed by atoms with Crippen LogP contribution >= 0.6 is 7.37 Å². The number of rotatable bonds is 7. The molecule has 0 bridgehead atoms. The van der Waals surface area contributed by atoms with Gasteiger partial charge in [-0.05, 0) is 48.9 Å². The summed E-state index contributed by atoms with van der Waals surface area (Å²) < 4.78 is 24.7. The maximum Gasteiger partial charge on any atom is 0.330 e. The van der Waals surface area contributed by atoms with Crippen LogP contribution in [0.5, 0.6) is 5.75 Å². The topological polar surface area (TPSA) is 47.9 Å². The van der Waals surface area contributed by atoms with Gasteiger partial charge >= 0.3 is 7.37 Å². The SMILES string of the molecule is COc1cccc(CC(C)=NOP(=O)(c2ccccc2)c2ccccc2)c1. The summed E-state index contributed by atoms with van der Waals surface area (Å²) in [6, 6.07) is 26.2. The molecule has 0 atom stereocenters. The number of benzene rings is 3. The summed E-state index contributed by atoms with van der Waals surface area (Å²) >= 11 is 0. The molecule has 0 heterocycles. The second-order valence-corrected chi connectivity index (χ2v) is 8.46. The lowest BCUT2D eigenvalue weighted by Gasteiger charge is -2.17. The van der Waals surface area contributed by atoms with Gasteiger partial charge in [0.2, 0.25) is 0 Å². The summed E-state index contributed by atoms with van der Waals surface area (Å²) in [5.74, 6) is 0.792. The third-order valence-corrected chi connectivity index (χ3v) is 6.37. The van der Waals surface area contributed by atoms with Crippen LogP contribution in [-0.4, -0.2) is 12.8 Å². The molecule has 3 aromatic carbocycles. The number of ether oxygens (including phenoxy) is 1. The highest BCUT2D eigenvalue weighted by molar-refractivity contribution is 7.74. The molecule has 3 aromatic rings. The van der Waals surface area contributed by atoms with Crippen LogP contribution in [0.3, 0.4) is 0 Å². The monoisotopic (exact) mass is 379 g/mol. The highest BCUT2D eigenvalue weighted by Crippen LogP contribution is 2.44. The van der Waals surface area contributed by atoms with Gasteiger partial charge < -0.3 is 9.36 Å². The average molecular weight is 379 g/mol. The maximum absolute atomic E-state index is 13.7. The van der Waals surface area contributed by atoms with Gasteiger partial charge in [-0.15, -0.1) is 0 Å². The normalized spacial score (nSPS) is 11.9. The average Bonchev–Trinajstić information content (AvgIpc) is 2.73. The molecule has 5 heteroatoms. The van der Waals surface area contributed by atoms with Crippen molar-refractivity contribution in [3.05, 3.63) is 90.5 Å². The second-order valence-electron chi connectivity index (χ2n) is 6.16. The molecule has 0 amide bonds. The minimum Gasteiger partial charge on any atom is -0.497 e. The van der Waals surface area contributed by atoms with E-state index in [9.17, 15) is 4.57 Å². The standard InChI is InChI=1S/C22H22NO3P/c1-18(16-19-10-9-11-20(17-19)25-2)23-26-27(24,21-12-5-3-6-13-21)22-14-7-4-8-15-22/h3-15,17H,16H2,1-2H3. The van der Waals surface area contributed by atoms with Crippen LogP contribution in [0.25, 0.3) is 0 Å². The summed E-state index contributed by atoms with van der Waals surface area (Å²) in [5.41, 5.74) is 1.78. The molecule has 3 rings (SSSR count). The quantitative estimate of drug-likeness (QED) is 0.344. The van der Waals surface area contributed by atoms with Crippen LogP contribution < -0.4 is 15.3 Å². The molecule has 0 radical (unpaired) electrons. The van der Waals surface area contributed by atoms with Crippen LogP contribution in [-0.2, 0) is 15.6 Å². The van der Waals surface area contributed by atoms with E-state index in [4.69, 9.17) is 9.36 Å². The molecule has 0 spiro atoms. The van der Waals surface area contributed by atoms with Crippen molar-refractivity contribution in [3.63, 3.8) is 0 Å². The van der Waals surface area contributed by atoms with Gasteiger partial charge in [-0.3, -0.25) is 4.57 Å². The summed E-state index contributed by atoms with van der Waals surface area (Å²) in [4.78, 5) is 0. The van der Waals surface area contributed by atoms with Crippen molar-refractivity contribution >= 4 is 23.7 Å². The Labute approximate surface area is 159 Å². The zero-order chi connectivity index (χ0) is 19.1. The number of hydrogen-bond donors (Lipinski definition) is 0. The molecule has 0 fully saturated rings. The number of methoxy groups -OCH3 is 1. The lowest BCUT2D eigenvalue weighted by Crippen LogP contribution is -2.17. The molecule has 0 aliphatic heterocycles. The van der Waals surface area contributed by atoms with Gasteiger partial charge in [-0.2, -0.15) is 0 Å². The van der Waals surface area contributed by atoms with E-state index in [-0.39, 0.29) is 0 Å². The third-order valence-electron chi connectivity index (χ3n) is 4.10. The number of oxime groups is 1. The Morgan fingerprint density at radius 3 is 2.04 bits per heavy atom. The first-order valence-corrected chi connectivity index (χ1v) is 10.3. The predicted molar refractivity (Wildman–Crippen MR) is 111 cm³/mol. The smallest absolute Gasteiger partial charge is 0.330 e. The van der Waals surface area contributed by atoms with Crippen molar-refractivity contribution in [3.8, 4) is 5.75 Å². The lowest BCUT2D eigenvalue weighted by atomic mass is 10.1. The first kappa shape index (κ1) is 18.9. The number of nitrogens with zero attached hydrogens (tertiary/aromatic N) is 1. The minimum absolute atomic E-state index is 0.584. The third kappa shape index (κ3) is 4.66. The maximum atomic E-state index is 13.7. The van der Waals surface area contributed by atoms with E-state index >= 15 is 0 Å². The highest BCUT2D eigenvalue weighted by Gasteiger charge is 2.30. The second kappa shape index (κ2) is 8.70. The van der Waals surface area contributed by atoms with Crippen LogP contribution in [0.2, 0.25) is 0 Å². The van der Waals surface area contributed by atoms with E-state index < -0.39 is 7.37 Å². The summed E-state index contributed by atoms with van der Waals surface area (Å²) in [7, 11) is -1.67. The molecule has 138 valence electrons. The van der Waals surface area contributed by atoms with E-state index in [1.807, 2.05) is 67.6 Å². The Morgan fingerprint density at radius 2 is 1.48 bits per heavy atom. The van der Waals surface area contributed by atoms with Gasteiger partial charge in [0.05, 0.1) is 23.4 Å². The van der Waals surface area contributed by atoms with Crippen molar-refractivity contribution in [2.75, 3.05) is 7.11 Å². The van der Waals surface area contributed by atoms with Crippen molar-refractivity contribution in [1.29, 1.82) is 0 Å². The van der Waals surface area contributed by atoms with Crippen LogP contribution in [0.4, 0.5) is 0 Å². The Bertz CT molecular complexity index is 912. The van der Waals surface area contributed by atoms with Gasteiger partial charge in [0.15, 0.2) is 0 Å². The first-order valence-electron chi connectivity index (χ1n) is 8.68. The molecular formula is C22H22NO3P. The largest absolute Gasteiger partial charge is 0.497 e.